The van der Waals surface area contributed by atoms with Crippen LogP contribution in [0.15, 0.2) is 48.7 Å². The van der Waals surface area contributed by atoms with Gasteiger partial charge in [0.2, 0.25) is 0 Å². The number of hydrogen-bond donors (Lipinski definition) is 2. The molecule has 6 rings (SSSR count). The first-order valence-electron chi connectivity index (χ1n) is 12.7. The Labute approximate surface area is 240 Å². The maximum atomic E-state index is 15.0. The van der Waals surface area contributed by atoms with Gasteiger partial charge in [0.15, 0.2) is 23.1 Å². The number of halogens is 3. The van der Waals surface area contributed by atoms with Crippen molar-refractivity contribution in [1.82, 2.24) is 15.3 Å². The average molecular weight is 580 g/mol. The number of ether oxygens (including phenoxy) is 3. The molecule has 2 N–H and O–H groups in total. The first-order valence-corrected chi connectivity index (χ1v) is 13.5. The van der Waals surface area contributed by atoms with Crippen LogP contribution in [0.2, 0.25) is 10.2 Å². The van der Waals surface area contributed by atoms with E-state index in [9.17, 15) is 5.26 Å². The number of anilines is 2. The lowest BCUT2D eigenvalue weighted by molar-refractivity contribution is 0.265. The van der Waals surface area contributed by atoms with Gasteiger partial charge in [-0.05, 0) is 43.1 Å². The van der Waals surface area contributed by atoms with Crippen LogP contribution in [0, 0.1) is 34.9 Å². The van der Waals surface area contributed by atoms with E-state index in [2.05, 4.69) is 26.7 Å². The van der Waals surface area contributed by atoms with Crippen molar-refractivity contribution in [2.75, 3.05) is 32.1 Å². The number of nitrogens with one attached hydrogen (secondary N) is 2. The number of nitrogens with zero attached hydrogens (tertiary/aromatic N) is 3. The van der Waals surface area contributed by atoms with Crippen molar-refractivity contribution in [3.63, 3.8) is 0 Å². The van der Waals surface area contributed by atoms with Gasteiger partial charge in [-0.25, -0.2) is 9.37 Å². The fourth-order valence-electron chi connectivity index (χ4n) is 5.22. The van der Waals surface area contributed by atoms with Gasteiger partial charge in [0.1, 0.15) is 17.8 Å². The summed E-state index contributed by atoms with van der Waals surface area (Å²) in [6.07, 6.45) is 1.46. The molecule has 1 saturated heterocycles. The molecule has 11 heteroatoms. The van der Waals surface area contributed by atoms with E-state index < -0.39 is 5.82 Å². The molecule has 0 spiro atoms. The molecule has 0 radical (unpaired) electrons. The molecule has 2 aliphatic rings. The predicted molar refractivity (Wildman–Crippen MR) is 150 cm³/mol. The smallest absolute Gasteiger partial charge is 0.167 e. The maximum absolute atomic E-state index is 15.0. The molecule has 2 unspecified atom stereocenters. The third kappa shape index (κ3) is 5.18. The Hall–Kier alpha value is -3.84. The van der Waals surface area contributed by atoms with Crippen LogP contribution in [0.5, 0.6) is 17.2 Å². The van der Waals surface area contributed by atoms with E-state index >= 15 is 4.39 Å². The molecule has 4 aromatic rings. The largest absolute Gasteiger partial charge is 0.493 e. The number of hydrogen-bond acceptors (Lipinski definition) is 8. The van der Waals surface area contributed by atoms with E-state index in [-0.39, 0.29) is 28.6 Å². The van der Waals surface area contributed by atoms with Gasteiger partial charge in [0, 0.05) is 35.7 Å². The van der Waals surface area contributed by atoms with Crippen molar-refractivity contribution in [2.24, 2.45) is 17.8 Å². The number of methoxy groups -OCH3 is 1. The third-order valence-electron chi connectivity index (χ3n) is 7.40. The molecule has 1 aliphatic carbocycles. The average Bonchev–Trinajstić information content (AvgIpc) is 3.37. The van der Waals surface area contributed by atoms with Crippen LogP contribution in [0.3, 0.4) is 0 Å². The zero-order chi connectivity index (χ0) is 27.8. The molecule has 0 amide bonds. The van der Waals surface area contributed by atoms with Crippen molar-refractivity contribution in [2.45, 2.75) is 6.61 Å². The van der Waals surface area contributed by atoms with Crippen molar-refractivity contribution in [3.05, 3.63) is 75.9 Å². The molecule has 1 saturated carbocycles. The van der Waals surface area contributed by atoms with Gasteiger partial charge >= 0.3 is 0 Å². The molecule has 3 heterocycles. The van der Waals surface area contributed by atoms with Gasteiger partial charge in [0.25, 0.3) is 0 Å². The minimum atomic E-state index is -0.640. The number of aromatic nitrogens is 2. The van der Waals surface area contributed by atoms with Crippen LogP contribution in [-0.2, 0) is 6.61 Å². The van der Waals surface area contributed by atoms with E-state index in [0.29, 0.717) is 63.3 Å². The molecule has 2 aromatic carbocycles. The minimum absolute atomic E-state index is 0.0112. The number of benzene rings is 2. The third-order valence-corrected chi connectivity index (χ3v) is 7.93. The Kier molecular flexibility index (Phi) is 7.24. The summed E-state index contributed by atoms with van der Waals surface area (Å²) in [5.41, 5.74) is 2.05. The van der Waals surface area contributed by atoms with E-state index in [0.717, 1.165) is 13.1 Å². The van der Waals surface area contributed by atoms with Crippen molar-refractivity contribution in [1.29, 1.82) is 5.26 Å². The van der Waals surface area contributed by atoms with E-state index in [1.165, 1.54) is 18.3 Å². The zero-order valence-electron chi connectivity index (χ0n) is 21.4. The number of nitriles is 1. The summed E-state index contributed by atoms with van der Waals surface area (Å²) in [6.45, 7) is 2.70. The highest BCUT2D eigenvalue weighted by atomic mass is 35.5. The molecule has 2 fully saturated rings. The summed E-state index contributed by atoms with van der Waals surface area (Å²) in [4.78, 5) is 8.59. The molecular formula is C29H24Cl2FN5O3. The maximum Gasteiger partial charge on any atom is 0.167 e. The normalized spacial score (nSPS) is 19.1. The molecule has 204 valence electrons. The minimum Gasteiger partial charge on any atom is -0.493 e. The number of fused-ring (bicyclic) bond motifs is 2. The van der Waals surface area contributed by atoms with Crippen LogP contribution >= 0.6 is 23.2 Å². The highest BCUT2D eigenvalue weighted by molar-refractivity contribution is 6.33. The first kappa shape index (κ1) is 26.4. The summed E-state index contributed by atoms with van der Waals surface area (Å²) < 4.78 is 32.4. The number of pyridine rings is 2. The second-order valence-electron chi connectivity index (χ2n) is 9.77. The van der Waals surface area contributed by atoms with Gasteiger partial charge in [-0.2, -0.15) is 5.26 Å². The van der Waals surface area contributed by atoms with Crippen LogP contribution in [0.4, 0.5) is 15.8 Å². The van der Waals surface area contributed by atoms with E-state index in [4.69, 9.17) is 37.4 Å². The quantitative estimate of drug-likeness (QED) is 0.228. The Morgan fingerprint density at radius 1 is 1.10 bits per heavy atom. The summed E-state index contributed by atoms with van der Waals surface area (Å²) in [5, 5.41) is 17.4. The molecular weight excluding hydrogens is 556 g/mol. The molecule has 1 aliphatic heterocycles. The molecule has 8 nitrogen and oxygen atoms in total. The lowest BCUT2D eigenvalue weighted by Crippen LogP contribution is -2.17. The summed E-state index contributed by atoms with van der Waals surface area (Å²) in [5.74, 6) is 2.29. The lowest BCUT2D eigenvalue weighted by Gasteiger charge is -2.17. The van der Waals surface area contributed by atoms with Gasteiger partial charge in [-0.15, -0.1) is 0 Å². The first-order chi connectivity index (χ1) is 19.4. The Bertz CT molecular complexity index is 1640. The van der Waals surface area contributed by atoms with Gasteiger partial charge in [-0.1, -0.05) is 29.3 Å². The van der Waals surface area contributed by atoms with Crippen LogP contribution in [-0.4, -0.2) is 36.8 Å². The Morgan fingerprint density at radius 2 is 1.93 bits per heavy atom. The molecule has 2 aromatic heterocycles. The fourth-order valence-corrected chi connectivity index (χ4v) is 5.61. The monoisotopic (exact) mass is 579 g/mol. The number of piperidine rings is 1. The number of rotatable bonds is 9. The topological polar surface area (TPSA) is 101 Å². The van der Waals surface area contributed by atoms with Crippen molar-refractivity contribution >= 4 is 45.5 Å². The second kappa shape index (κ2) is 11.0. The van der Waals surface area contributed by atoms with Crippen molar-refractivity contribution in [3.8, 4) is 23.3 Å². The summed E-state index contributed by atoms with van der Waals surface area (Å²) in [7, 11) is 1.56. The van der Waals surface area contributed by atoms with Gasteiger partial charge < -0.3 is 24.8 Å². The SMILES string of the molecule is COc1cc2c(Nc3cc(F)c(OCc4cccc(Cl)n4)cc3Cl)c(C#N)cnc2cc1OCC1C2CNCC21. The molecule has 40 heavy (non-hydrogen) atoms. The fraction of sp³-hybridized carbons (Fsp3) is 0.276. The summed E-state index contributed by atoms with van der Waals surface area (Å²) >= 11 is 12.4. The highest BCUT2D eigenvalue weighted by Crippen LogP contribution is 2.49. The van der Waals surface area contributed by atoms with Gasteiger partial charge in [-0.3, -0.25) is 4.98 Å². The Balaban J connectivity index is 1.26. The van der Waals surface area contributed by atoms with Crippen molar-refractivity contribution < 1.29 is 18.6 Å². The van der Waals surface area contributed by atoms with E-state index in [1.54, 1.807) is 37.4 Å². The molecule has 0 bridgehead atoms. The highest BCUT2D eigenvalue weighted by Gasteiger charge is 2.53. The zero-order valence-corrected chi connectivity index (χ0v) is 22.9. The van der Waals surface area contributed by atoms with Gasteiger partial charge in [0.05, 0.1) is 46.9 Å². The molecule has 2 atom stereocenters. The standard InChI is InChI=1S/C29H24Cl2FN5O3/c1-38-26-5-17-23(8-27(26)40-14-20-18-11-34-12-19(18)20)35-10-15(9-33)29(17)37-24-7-22(32)25(6-21(24)30)39-13-16-3-2-4-28(31)36-16/h2-8,10,18-20,34H,11-14H2,1H3,(H,35,37). The van der Waals surface area contributed by atoms with Crippen LogP contribution in [0.25, 0.3) is 10.9 Å². The van der Waals surface area contributed by atoms with Crippen LogP contribution < -0.4 is 24.8 Å². The van der Waals surface area contributed by atoms with E-state index in [1.807, 2.05) is 0 Å². The Morgan fingerprint density at radius 3 is 2.67 bits per heavy atom. The predicted octanol–water partition coefficient (Wildman–Crippen LogP) is 6.12. The van der Waals surface area contributed by atoms with Crippen LogP contribution in [0.1, 0.15) is 11.3 Å². The summed E-state index contributed by atoms with van der Waals surface area (Å²) in [6, 6.07) is 13.4. The lowest BCUT2D eigenvalue weighted by atomic mass is 10.1. The second-order valence-corrected chi connectivity index (χ2v) is 10.6.